The van der Waals surface area contributed by atoms with Gasteiger partial charge in [-0.1, -0.05) is 19.4 Å². The van der Waals surface area contributed by atoms with Crippen LogP contribution in [0, 0.1) is 5.92 Å². The number of para-hydroxylation sites is 1. The summed E-state index contributed by atoms with van der Waals surface area (Å²) in [5.41, 5.74) is 0.479. The molecule has 0 spiro atoms. The van der Waals surface area contributed by atoms with E-state index in [2.05, 4.69) is 12.2 Å². The zero-order valence-electron chi connectivity index (χ0n) is 12.2. The number of carbonyl (C=O) groups excluding carboxylic acids is 1. The Morgan fingerprint density at radius 3 is 2.65 bits per heavy atom. The van der Waals surface area contributed by atoms with Crippen molar-refractivity contribution in [2.24, 2.45) is 5.92 Å². The van der Waals surface area contributed by atoms with Crippen molar-refractivity contribution >= 4 is 17.5 Å². The zero-order chi connectivity index (χ0) is 15.0. The number of methoxy groups -OCH3 is 2. The van der Waals surface area contributed by atoms with Crippen LogP contribution in [0.1, 0.15) is 30.1 Å². The summed E-state index contributed by atoms with van der Waals surface area (Å²) < 4.78 is 10.5. The summed E-state index contributed by atoms with van der Waals surface area (Å²) >= 11 is 5.75. The quantitative estimate of drug-likeness (QED) is 0.750. The lowest BCUT2D eigenvalue weighted by molar-refractivity contribution is 0.0942. The number of rotatable bonds is 8. The molecule has 1 rings (SSSR count). The molecule has 0 radical (unpaired) electrons. The Labute approximate surface area is 125 Å². The maximum absolute atomic E-state index is 12.2. The van der Waals surface area contributed by atoms with Gasteiger partial charge in [0.2, 0.25) is 0 Å². The van der Waals surface area contributed by atoms with Gasteiger partial charge in [0, 0.05) is 12.4 Å². The lowest BCUT2D eigenvalue weighted by atomic mass is 10.0. The molecule has 20 heavy (non-hydrogen) atoms. The number of hydrogen-bond acceptors (Lipinski definition) is 3. The second-order valence-electron chi connectivity index (χ2n) is 4.50. The first-order valence-corrected chi connectivity index (χ1v) is 7.26. The first-order chi connectivity index (χ1) is 9.67. The topological polar surface area (TPSA) is 47.6 Å². The van der Waals surface area contributed by atoms with Gasteiger partial charge in [0.05, 0.1) is 19.8 Å². The molecular weight excluding hydrogens is 278 g/mol. The molecule has 0 aromatic heterocycles. The number of hydrogen-bond donors (Lipinski definition) is 1. The number of alkyl halides is 1. The Morgan fingerprint density at radius 2 is 2.10 bits per heavy atom. The molecular formula is C15H22ClNO3. The van der Waals surface area contributed by atoms with Crippen LogP contribution in [0.3, 0.4) is 0 Å². The Bertz CT molecular complexity index is 437. The summed E-state index contributed by atoms with van der Waals surface area (Å²) in [6.07, 6.45) is 1.88. The van der Waals surface area contributed by atoms with E-state index in [1.54, 1.807) is 25.3 Å². The van der Waals surface area contributed by atoms with Gasteiger partial charge in [-0.2, -0.15) is 0 Å². The number of carbonyl (C=O) groups is 1. The monoisotopic (exact) mass is 299 g/mol. The predicted octanol–water partition coefficient (Wildman–Crippen LogP) is 3.09. The van der Waals surface area contributed by atoms with Gasteiger partial charge in [0.1, 0.15) is 0 Å². The van der Waals surface area contributed by atoms with Gasteiger partial charge in [-0.3, -0.25) is 4.79 Å². The van der Waals surface area contributed by atoms with Gasteiger partial charge in [-0.05, 0) is 24.5 Å². The van der Waals surface area contributed by atoms with Crippen molar-refractivity contribution in [1.82, 2.24) is 5.32 Å². The second-order valence-corrected chi connectivity index (χ2v) is 4.88. The molecule has 1 aromatic carbocycles. The zero-order valence-corrected chi connectivity index (χ0v) is 13.0. The molecule has 0 saturated carbocycles. The van der Waals surface area contributed by atoms with Crippen molar-refractivity contribution in [3.05, 3.63) is 23.8 Å². The lowest BCUT2D eigenvalue weighted by Crippen LogP contribution is -2.29. The van der Waals surface area contributed by atoms with Crippen molar-refractivity contribution in [3.63, 3.8) is 0 Å². The first-order valence-electron chi connectivity index (χ1n) is 6.73. The number of ether oxygens (including phenoxy) is 2. The van der Waals surface area contributed by atoms with Crippen LogP contribution in [-0.2, 0) is 0 Å². The minimum Gasteiger partial charge on any atom is -0.493 e. The smallest absolute Gasteiger partial charge is 0.255 e. The van der Waals surface area contributed by atoms with Gasteiger partial charge in [0.25, 0.3) is 5.91 Å². The third-order valence-electron chi connectivity index (χ3n) is 3.29. The van der Waals surface area contributed by atoms with E-state index in [0.29, 0.717) is 35.4 Å². The molecule has 1 atom stereocenters. The second kappa shape index (κ2) is 8.69. The highest BCUT2D eigenvalue weighted by atomic mass is 35.5. The standard InChI is InChI=1S/C15H22ClNO3/c1-4-11(8-9-16)10-17-15(18)12-6-5-7-13(19-2)14(12)20-3/h5-7,11H,4,8-10H2,1-3H3,(H,17,18). The van der Waals surface area contributed by atoms with Crippen molar-refractivity contribution < 1.29 is 14.3 Å². The van der Waals surface area contributed by atoms with E-state index in [-0.39, 0.29) is 5.91 Å². The molecule has 0 aliphatic heterocycles. The van der Waals surface area contributed by atoms with E-state index >= 15 is 0 Å². The van der Waals surface area contributed by atoms with Crippen LogP contribution >= 0.6 is 11.6 Å². The Balaban J connectivity index is 2.77. The summed E-state index contributed by atoms with van der Waals surface area (Å²) in [5.74, 6) is 1.85. The van der Waals surface area contributed by atoms with Crippen LogP contribution in [0.15, 0.2) is 18.2 Å². The van der Waals surface area contributed by atoms with Gasteiger partial charge < -0.3 is 14.8 Å². The normalized spacial score (nSPS) is 11.8. The van der Waals surface area contributed by atoms with Crippen LogP contribution in [0.4, 0.5) is 0 Å². The Hall–Kier alpha value is -1.42. The maximum Gasteiger partial charge on any atom is 0.255 e. The molecule has 0 bridgehead atoms. The lowest BCUT2D eigenvalue weighted by Gasteiger charge is -2.16. The molecule has 0 heterocycles. The molecule has 0 saturated heterocycles. The highest BCUT2D eigenvalue weighted by molar-refractivity contribution is 6.17. The summed E-state index contributed by atoms with van der Waals surface area (Å²) in [6, 6.07) is 5.25. The summed E-state index contributed by atoms with van der Waals surface area (Å²) in [4.78, 5) is 12.2. The van der Waals surface area contributed by atoms with Crippen LogP contribution < -0.4 is 14.8 Å². The maximum atomic E-state index is 12.2. The molecule has 1 unspecified atom stereocenters. The average Bonchev–Trinajstić information content (AvgIpc) is 2.49. The Kier molecular flexibility index (Phi) is 7.23. The molecule has 112 valence electrons. The molecule has 1 amide bonds. The van der Waals surface area contributed by atoms with E-state index in [1.807, 2.05) is 0 Å². The third kappa shape index (κ3) is 4.30. The van der Waals surface area contributed by atoms with Crippen LogP contribution in [0.25, 0.3) is 0 Å². The highest BCUT2D eigenvalue weighted by Gasteiger charge is 2.17. The van der Waals surface area contributed by atoms with Crippen LogP contribution in [-0.4, -0.2) is 32.6 Å². The number of benzene rings is 1. The van der Waals surface area contributed by atoms with Crippen molar-refractivity contribution in [3.8, 4) is 11.5 Å². The largest absolute Gasteiger partial charge is 0.493 e. The molecule has 0 fully saturated rings. The van der Waals surface area contributed by atoms with Crippen molar-refractivity contribution in [1.29, 1.82) is 0 Å². The molecule has 0 aliphatic rings. The number of amides is 1. The summed E-state index contributed by atoms with van der Waals surface area (Å²) in [5, 5.41) is 2.93. The van der Waals surface area contributed by atoms with Crippen molar-refractivity contribution in [2.75, 3.05) is 26.6 Å². The van der Waals surface area contributed by atoms with E-state index in [9.17, 15) is 4.79 Å². The molecule has 5 heteroatoms. The summed E-state index contributed by atoms with van der Waals surface area (Å²) in [7, 11) is 3.07. The van der Waals surface area contributed by atoms with E-state index in [0.717, 1.165) is 12.8 Å². The van der Waals surface area contributed by atoms with Crippen LogP contribution in [0.2, 0.25) is 0 Å². The molecule has 1 aromatic rings. The third-order valence-corrected chi connectivity index (χ3v) is 3.51. The van der Waals surface area contributed by atoms with Gasteiger partial charge in [-0.25, -0.2) is 0 Å². The fraction of sp³-hybridized carbons (Fsp3) is 0.533. The minimum atomic E-state index is -0.159. The Morgan fingerprint density at radius 1 is 1.35 bits per heavy atom. The van der Waals surface area contributed by atoms with Gasteiger partial charge in [0.15, 0.2) is 11.5 Å². The summed E-state index contributed by atoms with van der Waals surface area (Å²) in [6.45, 7) is 2.71. The van der Waals surface area contributed by atoms with E-state index < -0.39 is 0 Å². The predicted molar refractivity (Wildman–Crippen MR) is 81.0 cm³/mol. The number of halogens is 1. The molecule has 1 N–H and O–H groups in total. The molecule has 0 aliphatic carbocycles. The van der Waals surface area contributed by atoms with Gasteiger partial charge >= 0.3 is 0 Å². The SMILES string of the molecule is CCC(CCCl)CNC(=O)c1cccc(OC)c1OC. The van der Waals surface area contributed by atoms with E-state index in [1.165, 1.54) is 7.11 Å². The number of nitrogens with one attached hydrogen (secondary N) is 1. The average molecular weight is 300 g/mol. The molecule has 4 nitrogen and oxygen atoms in total. The van der Waals surface area contributed by atoms with Crippen LogP contribution in [0.5, 0.6) is 11.5 Å². The van der Waals surface area contributed by atoms with Crippen molar-refractivity contribution in [2.45, 2.75) is 19.8 Å². The fourth-order valence-electron chi connectivity index (χ4n) is 2.00. The first kappa shape index (κ1) is 16.6. The minimum absolute atomic E-state index is 0.159. The van der Waals surface area contributed by atoms with E-state index in [4.69, 9.17) is 21.1 Å². The highest BCUT2D eigenvalue weighted by Crippen LogP contribution is 2.30. The fourth-order valence-corrected chi connectivity index (χ4v) is 2.31. The van der Waals surface area contributed by atoms with Gasteiger partial charge in [-0.15, -0.1) is 11.6 Å².